The second kappa shape index (κ2) is 7.57. The Balaban J connectivity index is 1.42. The SMILES string of the molecule is Cn1nccc1-c1nnc(C(=O)N2CCc3[nH]cnc3[C@@H]2c2cc3c(C(F)F)cccn3n2)o1. The van der Waals surface area contributed by atoms with E-state index < -0.39 is 18.4 Å². The maximum absolute atomic E-state index is 13.6. The number of halogens is 2. The fraction of sp³-hybridized carbons (Fsp3) is 0.238. The molecule has 13 heteroatoms. The van der Waals surface area contributed by atoms with Gasteiger partial charge in [-0.15, -0.1) is 10.2 Å². The van der Waals surface area contributed by atoms with Crippen LogP contribution in [0.4, 0.5) is 8.78 Å². The molecule has 0 saturated heterocycles. The highest BCUT2D eigenvalue weighted by atomic mass is 19.3. The van der Waals surface area contributed by atoms with Crippen molar-refractivity contribution in [1.82, 2.24) is 44.5 Å². The molecule has 5 aromatic rings. The summed E-state index contributed by atoms with van der Waals surface area (Å²) >= 11 is 0. The van der Waals surface area contributed by atoms with Crippen LogP contribution in [0.5, 0.6) is 0 Å². The topological polar surface area (TPSA) is 123 Å². The number of aryl methyl sites for hydroxylation is 1. The lowest BCUT2D eigenvalue weighted by atomic mass is 9.99. The van der Waals surface area contributed by atoms with Crippen molar-refractivity contribution in [2.75, 3.05) is 6.54 Å². The van der Waals surface area contributed by atoms with E-state index in [9.17, 15) is 13.6 Å². The Bertz CT molecular complexity index is 1520. The van der Waals surface area contributed by atoms with Crippen LogP contribution in [0.2, 0.25) is 0 Å². The molecular formula is C21H17F2N9O2. The van der Waals surface area contributed by atoms with E-state index in [1.54, 1.807) is 42.6 Å². The van der Waals surface area contributed by atoms with Crippen LogP contribution in [0.25, 0.3) is 17.1 Å². The highest BCUT2D eigenvalue weighted by molar-refractivity contribution is 5.90. The van der Waals surface area contributed by atoms with Crippen molar-refractivity contribution in [3.05, 3.63) is 71.5 Å². The molecule has 0 radical (unpaired) electrons. The Labute approximate surface area is 190 Å². The van der Waals surface area contributed by atoms with E-state index >= 15 is 0 Å². The van der Waals surface area contributed by atoms with Gasteiger partial charge in [-0.05, 0) is 24.3 Å². The van der Waals surface area contributed by atoms with Crippen molar-refractivity contribution in [1.29, 1.82) is 0 Å². The third-order valence-electron chi connectivity index (χ3n) is 5.90. The number of nitrogens with one attached hydrogen (secondary N) is 1. The average molecular weight is 465 g/mol. The zero-order valence-corrected chi connectivity index (χ0v) is 17.8. The van der Waals surface area contributed by atoms with Gasteiger partial charge in [-0.3, -0.25) is 9.48 Å². The van der Waals surface area contributed by atoms with Gasteiger partial charge in [-0.2, -0.15) is 10.2 Å². The van der Waals surface area contributed by atoms with Crippen LogP contribution in [-0.4, -0.2) is 56.9 Å². The molecule has 0 aromatic carbocycles. The summed E-state index contributed by atoms with van der Waals surface area (Å²) in [4.78, 5) is 22.5. The van der Waals surface area contributed by atoms with Gasteiger partial charge in [-0.1, -0.05) is 0 Å². The Morgan fingerprint density at radius 1 is 1.29 bits per heavy atom. The Morgan fingerprint density at radius 2 is 2.18 bits per heavy atom. The van der Waals surface area contributed by atoms with Crippen molar-refractivity contribution < 1.29 is 18.0 Å². The van der Waals surface area contributed by atoms with E-state index in [2.05, 4.69) is 30.4 Å². The number of aromatic amines is 1. The van der Waals surface area contributed by atoms with E-state index in [0.717, 1.165) is 5.69 Å². The second-order valence-electron chi connectivity index (χ2n) is 7.83. The summed E-state index contributed by atoms with van der Waals surface area (Å²) in [5, 5.41) is 16.5. The first-order valence-corrected chi connectivity index (χ1v) is 10.4. The summed E-state index contributed by atoms with van der Waals surface area (Å²) in [6, 6.07) is 5.39. The van der Waals surface area contributed by atoms with E-state index in [1.807, 2.05) is 0 Å². The molecule has 11 nitrogen and oxygen atoms in total. The molecule has 1 atom stereocenters. The van der Waals surface area contributed by atoms with E-state index in [1.165, 1.54) is 21.5 Å². The number of pyridine rings is 1. The van der Waals surface area contributed by atoms with Crippen LogP contribution in [-0.2, 0) is 13.5 Å². The number of aromatic nitrogens is 8. The quantitative estimate of drug-likeness (QED) is 0.433. The van der Waals surface area contributed by atoms with Gasteiger partial charge in [-0.25, -0.2) is 18.3 Å². The molecule has 6 heterocycles. The third kappa shape index (κ3) is 3.08. The maximum atomic E-state index is 13.6. The highest BCUT2D eigenvalue weighted by Gasteiger charge is 2.38. The monoisotopic (exact) mass is 465 g/mol. The van der Waals surface area contributed by atoms with Crippen LogP contribution in [0.1, 0.15) is 45.8 Å². The minimum absolute atomic E-state index is 0.144. The lowest BCUT2D eigenvalue weighted by Gasteiger charge is -2.32. The zero-order chi connectivity index (χ0) is 23.4. The van der Waals surface area contributed by atoms with Gasteiger partial charge in [0, 0.05) is 43.7 Å². The fourth-order valence-corrected chi connectivity index (χ4v) is 4.29. The molecule has 34 heavy (non-hydrogen) atoms. The predicted octanol–water partition coefficient (Wildman–Crippen LogP) is 2.57. The lowest BCUT2D eigenvalue weighted by Crippen LogP contribution is -2.41. The predicted molar refractivity (Wildman–Crippen MR) is 112 cm³/mol. The molecular weight excluding hydrogens is 448 g/mol. The van der Waals surface area contributed by atoms with Gasteiger partial charge >= 0.3 is 11.8 Å². The summed E-state index contributed by atoms with van der Waals surface area (Å²) < 4.78 is 35.7. The van der Waals surface area contributed by atoms with Crippen LogP contribution >= 0.6 is 0 Å². The fourth-order valence-electron chi connectivity index (χ4n) is 4.29. The number of amides is 1. The first-order valence-electron chi connectivity index (χ1n) is 10.4. The van der Waals surface area contributed by atoms with Crippen LogP contribution in [0.15, 0.2) is 47.4 Å². The zero-order valence-electron chi connectivity index (χ0n) is 17.8. The molecule has 5 aromatic heterocycles. The van der Waals surface area contributed by atoms with Crippen LogP contribution in [0.3, 0.4) is 0 Å². The molecule has 6 rings (SSSR count). The number of imidazole rings is 1. The summed E-state index contributed by atoms with van der Waals surface area (Å²) in [5.41, 5.74) is 2.53. The van der Waals surface area contributed by atoms with Crippen LogP contribution < -0.4 is 0 Å². The molecule has 1 N–H and O–H groups in total. The van der Waals surface area contributed by atoms with Gasteiger partial charge in [0.25, 0.3) is 12.3 Å². The van der Waals surface area contributed by atoms with Crippen LogP contribution in [0, 0.1) is 0 Å². The Morgan fingerprint density at radius 3 is 2.97 bits per heavy atom. The summed E-state index contributed by atoms with van der Waals surface area (Å²) in [6.45, 7) is 0.317. The van der Waals surface area contributed by atoms with Crippen molar-refractivity contribution in [2.24, 2.45) is 7.05 Å². The van der Waals surface area contributed by atoms with E-state index in [0.29, 0.717) is 30.0 Å². The molecule has 0 fully saturated rings. The molecule has 172 valence electrons. The van der Waals surface area contributed by atoms with Crippen molar-refractivity contribution in [2.45, 2.75) is 18.9 Å². The number of carbonyl (C=O) groups is 1. The number of fused-ring (bicyclic) bond motifs is 2. The number of hydrogen-bond acceptors (Lipinski definition) is 7. The summed E-state index contributed by atoms with van der Waals surface area (Å²) in [7, 11) is 1.72. The minimum atomic E-state index is -2.66. The standard InChI is InChI=1S/C21H17F2N9O2/c1-30-14(4-6-26-30)19-27-28-20(34-19)21(33)31-8-5-12-16(25-10-24-12)17(31)13-9-15-11(18(22)23)3-2-7-32(15)29-13/h2-4,6-7,9-10,17-18H,5,8H2,1H3,(H,24,25)/t17-/m0/s1. The van der Waals surface area contributed by atoms with Crippen molar-refractivity contribution in [3.63, 3.8) is 0 Å². The van der Waals surface area contributed by atoms with Gasteiger partial charge in [0.1, 0.15) is 11.7 Å². The first kappa shape index (κ1) is 20.2. The third-order valence-corrected chi connectivity index (χ3v) is 5.90. The molecule has 0 aliphatic carbocycles. The van der Waals surface area contributed by atoms with Gasteiger partial charge in [0.05, 0.1) is 23.2 Å². The smallest absolute Gasteiger partial charge is 0.312 e. The Hall–Kier alpha value is -4.42. The Kier molecular flexibility index (Phi) is 4.50. The minimum Gasteiger partial charge on any atom is -0.411 e. The molecule has 0 bridgehead atoms. The molecule has 1 aliphatic rings. The largest absolute Gasteiger partial charge is 0.411 e. The number of carbonyl (C=O) groups excluding carboxylic acids is 1. The highest BCUT2D eigenvalue weighted by Crippen LogP contribution is 2.35. The number of rotatable bonds is 4. The normalized spacial score (nSPS) is 15.9. The van der Waals surface area contributed by atoms with Gasteiger partial charge in [0.15, 0.2) is 0 Å². The number of H-pyrrole nitrogens is 1. The first-order chi connectivity index (χ1) is 16.5. The summed E-state index contributed by atoms with van der Waals surface area (Å²) in [5.74, 6) is -0.547. The molecule has 1 aliphatic heterocycles. The molecule has 0 saturated carbocycles. The second-order valence-corrected chi connectivity index (χ2v) is 7.83. The van der Waals surface area contributed by atoms with E-state index in [-0.39, 0.29) is 22.9 Å². The average Bonchev–Trinajstić information content (AvgIpc) is 3.62. The van der Waals surface area contributed by atoms with Crippen molar-refractivity contribution >= 4 is 11.4 Å². The van der Waals surface area contributed by atoms with Gasteiger partial charge in [0.2, 0.25) is 0 Å². The molecule has 1 amide bonds. The number of alkyl halides is 2. The molecule has 0 unspecified atom stereocenters. The number of nitrogens with zero attached hydrogens (tertiary/aromatic N) is 8. The molecule has 0 spiro atoms. The maximum Gasteiger partial charge on any atom is 0.312 e. The van der Waals surface area contributed by atoms with Crippen molar-refractivity contribution in [3.8, 4) is 11.6 Å². The number of hydrogen-bond donors (Lipinski definition) is 1. The summed E-state index contributed by atoms with van der Waals surface area (Å²) in [6.07, 6.45) is 2.57. The lowest BCUT2D eigenvalue weighted by molar-refractivity contribution is 0.0646. The van der Waals surface area contributed by atoms with E-state index in [4.69, 9.17) is 4.42 Å². The van der Waals surface area contributed by atoms with Gasteiger partial charge < -0.3 is 14.3 Å².